The number of anilines is 1. The van der Waals surface area contributed by atoms with E-state index in [1.54, 1.807) is 0 Å². The van der Waals surface area contributed by atoms with Crippen LogP contribution in [0.3, 0.4) is 0 Å². The first-order chi connectivity index (χ1) is 8.46. The van der Waals surface area contributed by atoms with Crippen molar-refractivity contribution >= 4 is 32.6 Å². The summed E-state index contributed by atoms with van der Waals surface area (Å²) in [5.41, 5.74) is 0.797. The van der Waals surface area contributed by atoms with Gasteiger partial charge in [-0.25, -0.2) is 13.4 Å². The molecule has 5 nitrogen and oxygen atoms in total. The van der Waals surface area contributed by atoms with Gasteiger partial charge in [-0.3, -0.25) is 4.79 Å². The topological polar surface area (TPSA) is 67.3 Å². The summed E-state index contributed by atoms with van der Waals surface area (Å²) in [4.78, 5) is 18.0. The van der Waals surface area contributed by atoms with Crippen LogP contribution in [-0.4, -0.2) is 43.8 Å². The summed E-state index contributed by atoms with van der Waals surface area (Å²) < 4.78 is 23.0. The number of aryl methyl sites for hydroxylation is 1. The fourth-order valence-electron chi connectivity index (χ4n) is 2.10. The molecule has 7 heteroatoms. The third-order valence-electron chi connectivity index (χ3n) is 3.07. The number of aldehydes is 1. The van der Waals surface area contributed by atoms with Crippen LogP contribution in [0.15, 0.2) is 0 Å². The predicted molar refractivity (Wildman–Crippen MR) is 72.3 cm³/mol. The van der Waals surface area contributed by atoms with Gasteiger partial charge in [-0.05, 0) is 13.3 Å². The largest absolute Gasteiger partial charge is 0.343 e. The molecule has 0 N–H and O–H groups in total. The van der Waals surface area contributed by atoms with Crippen molar-refractivity contribution in [2.75, 3.05) is 23.0 Å². The minimum Gasteiger partial charge on any atom is -0.343 e. The van der Waals surface area contributed by atoms with Crippen molar-refractivity contribution in [3.05, 3.63) is 10.6 Å². The SMILES string of the molecule is CCc1nc(N2CCS(=O)(=O)CC2C)sc1C=O. The van der Waals surface area contributed by atoms with Crippen LogP contribution in [0.25, 0.3) is 0 Å². The number of sulfone groups is 1. The third-order valence-corrected chi connectivity index (χ3v) is 5.93. The van der Waals surface area contributed by atoms with Crippen LogP contribution in [0, 0.1) is 0 Å². The Balaban J connectivity index is 2.27. The number of hydrogen-bond acceptors (Lipinski definition) is 6. The molecule has 1 aliphatic rings. The molecule has 1 saturated heterocycles. The molecule has 1 atom stereocenters. The minimum absolute atomic E-state index is 0.0842. The highest BCUT2D eigenvalue weighted by atomic mass is 32.2. The highest BCUT2D eigenvalue weighted by molar-refractivity contribution is 7.91. The molecular weight excluding hydrogens is 272 g/mol. The Morgan fingerprint density at radius 1 is 1.56 bits per heavy atom. The second kappa shape index (κ2) is 4.97. The average Bonchev–Trinajstić information content (AvgIpc) is 2.70. The van der Waals surface area contributed by atoms with Gasteiger partial charge < -0.3 is 4.90 Å². The summed E-state index contributed by atoms with van der Waals surface area (Å²) in [5, 5.41) is 0.761. The maximum atomic E-state index is 11.5. The first-order valence-electron chi connectivity index (χ1n) is 5.88. The van der Waals surface area contributed by atoms with E-state index < -0.39 is 9.84 Å². The Morgan fingerprint density at radius 3 is 2.78 bits per heavy atom. The number of aromatic nitrogens is 1. The normalized spacial score (nSPS) is 23.0. The van der Waals surface area contributed by atoms with Crippen molar-refractivity contribution in [3.63, 3.8) is 0 Å². The Kier molecular flexibility index (Phi) is 3.72. The molecule has 0 saturated carbocycles. The van der Waals surface area contributed by atoms with Crippen LogP contribution < -0.4 is 4.90 Å². The molecule has 100 valence electrons. The standard InChI is InChI=1S/C11H16N2O3S2/c1-3-9-10(6-14)17-11(12-9)13-4-5-18(15,16)7-8(13)2/h6,8H,3-5,7H2,1-2H3. The second-order valence-corrected chi connectivity index (χ2v) is 7.67. The first kappa shape index (κ1) is 13.5. The molecule has 0 radical (unpaired) electrons. The molecule has 1 aromatic rings. The zero-order valence-electron chi connectivity index (χ0n) is 10.4. The van der Waals surface area contributed by atoms with Gasteiger partial charge in [-0.2, -0.15) is 0 Å². The van der Waals surface area contributed by atoms with Gasteiger partial charge in [-0.1, -0.05) is 18.3 Å². The van der Waals surface area contributed by atoms with Crippen molar-refractivity contribution in [2.24, 2.45) is 0 Å². The first-order valence-corrected chi connectivity index (χ1v) is 8.52. The van der Waals surface area contributed by atoms with Crippen LogP contribution in [-0.2, 0) is 16.3 Å². The number of nitrogens with zero attached hydrogens (tertiary/aromatic N) is 2. The number of hydrogen-bond donors (Lipinski definition) is 0. The van der Waals surface area contributed by atoms with E-state index in [0.717, 1.165) is 17.1 Å². The molecule has 2 heterocycles. The molecule has 1 unspecified atom stereocenters. The molecule has 0 aliphatic carbocycles. The fourth-order valence-corrected chi connectivity index (χ4v) is 4.76. The summed E-state index contributed by atoms with van der Waals surface area (Å²) in [5.74, 6) is 0.319. The lowest BCUT2D eigenvalue weighted by Crippen LogP contribution is -2.47. The zero-order chi connectivity index (χ0) is 13.3. The molecule has 0 aromatic carbocycles. The fraction of sp³-hybridized carbons (Fsp3) is 0.636. The molecule has 0 bridgehead atoms. The highest BCUT2D eigenvalue weighted by Gasteiger charge is 2.30. The summed E-state index contributed by atoms with van der Waals surface area (Å²) >= 11 is 1.35. The molecule has 18 heavy (non-hydrogen) atoms. The van der Waals surface area contributed by atoms with Crippen molar-refractivity contribution in [2.45, 2.75) is 26.3 Å². The number of thiazole rings is 1. The van der Waals surface area contributed by atoms with E-state index in [4.69, 9.17) is 0 Å². The molecule has 0 spiro atoms. The van der Waals surface area contributed by atoms with E-state index in [-0.39, 0.29) is 17.5 Å². The second-order valence-electron chi connectivity index (χ2n) is 4.44. The van der Waals surface area contributed by atoms with E-state index in [9.17, 15) is 13.2 Å². The number of carbonyl (C=O) groups is 1. The maximum absolute atomic E-state index is 11.5. The van der Waals surface area contributed by atoms with E-state index in [1.807, 2.05) is 18.7 Å². The van der Waals surface area contributed by atoms with Crippen molar-refractivity contribution < 1.29 is 13.2 Å². The third kappa shape index (κ3) is 2.56. The zero-order valence-corrected chi connectivity index (χ0v) is 12.1. The lowest BCUT2D eigenvalue weighted by Gasteiger charge is -2.32. The van der Waals surface area contributed by atoms with Crippen LogP contribution in [0.2, 0.25) is 0 Å². The summed E-state index contributed by atoms with van der Waals surface area (Å²) in [7, 11) is -2.92. The van der Waals surface area contributed by atoms with E-state index in [0.29, 0.717) is 17.8 Å². The Hall–Kier alpha value is -0.950. The summed E-state index contributed by atoms with van der Waals surface area (Å²) in [6, 6.07) is -0.0842. The Morgan fingerprint density at radius 2 is 2.28 bits per heavy atom. The molecule has 1 aliphatic heterocycles. The van der Waals surface area contributed by atoms with Crippen LogP contribution in [0.4, 0.5) is 5.13 Å². The molecule has 0 amide bonds. The molecular formula is C11H16N2O3S2. The van der Waals surface area contributed by atoms with Gasteiger partial charge in [0.2, 0.25) is 0 Å². The lowest BCUT2D eigenvalue weighted by molar-refractivity contribution is 0.112. The van der Waals surface area contributed by atoms with Gasteiger partial charge in [-0.15, -0.1) is 0 Å². The van der Waals surface area contributed by atoms with E-state index >= 15 is 0 Å². The van der Waals surface area contributed by atoms with E-state index in [1.165, 1.54) is 11.3 Å². The van der Waals surface area contributed by atoms with Gasteiger partial charge in [0.05, 0.1) is 22.1 Å². The van der Waals surface area contributed by atoms with Crippen LogP contribution >= 0.6 is 11.3 Å². The average molecular weight is 288 g/mol. The van der Waals surface area contributed by atoms with Gasteiger partial charge >= 0.3 is 0 Å². The molecule has 2 rings (SSSR count). The Bertz CT molecular complexity index is 551. The van der Waals surface area contributed by atoms with Gasteiger partial charge in [0, 0.05) is 12.6 Å². The van der Waals surface area contributed by atoms with Crippen molar-refractivity contribution in [3.8, 4) is 0 Å². The quantitative estimate of drug-likeness (QED) is 0.780. The summed E-state index contributed by atoms with van der Waals surface area (Å²) in [6.45, 7) is 4.29. The van der Waals surface area contributed by atoms with E-state index in [2.05, 4.69) is 4.98 Å². The van der Waals surface area contributed by atoms with Gasteiger partial charge in [0.15, 0.2) is 21.3 Å². The highest BCUT2D eigenvalue weighted by Crippen LogP contribution is 2.28. The Labute approximate surface area is 111 Å². The van der Waals surface area contributed by atoms with Crippen molar-refractivity contribution in [1.82, 2.24) is 4.98 Å². The van der Waals surface area contributed by atoms with Gasteiger partial charge in [0.25, 0.3) is 0 Å². The lowest BCUT2D eigenvalue weighted by atomic mass is 10.3. The number of carbonyl (C=O) groups excluding carboxylic acids is 1. The maximum Gasteiger partial charge on any atom is 0.186 e. The molecule has 1 fully saturated rings. The predicted octanol–water partition coefficient (Wildman–Crippen LogP) is 1.14. The minimum atomic E-state index is -2.92. The van der Waals surface area contributed by atoms with Crippen LogP contribution in [0.5, 0.6) is 0 Å². The molecule has 1 aromatic heterocycles. The monoisotopic (exact) mass is 288 g/mol. The van der Waals surface area contributed by atoms with Crippen molar-refractivity contribution in [1.29, 1.82) is 0 Å². The summed E-state index contributed by atoms with van der Waals surface area (Å²) in [6.07, 6.45) is 1.54. The smallest absolute Gasteiger partial charge is 0.186 e. The van der Waals surface area contributed by atoms with Crippen LogP contribution in [0.1, 0.15) is 29.2 Å². The van der Waals surface area contributed by atoms with Gasteiger partial charge in [0.1, 0.15) is 0 Å². The number of rotatable bonds is 3.